The lowest BCUT2D eigenvalue weighted by atomic mass is 9.84. The molecule has 2 rings (SSSR count). The Kier molecular flexibility index (Phi) is 5.25. The molecule has 18 heavy (non-hydrogen) atoms. The minimum absolute atomic E-state index is 0.103. The van der Waals surface area contributed by atoms with Gasteiger partial charge in [-0.05, 0) is 37.7 Å². The molecule has 1 fully saturated rings. The van der Waals surface area contributed by atoms with E-state index < -0.39 is 0 Å². The summed E-state index contributed by atoms with van der Waals surface area (Å²) in [6.07, 6.45) is 9.65. The molecule has 1 aliphatic carbocycles. The van der Waals surface area contributed by atoms with Crippen LogP contribution in [0, 0.1) is 12.8 Å². The van der Waals surface area contributed by atoms with Crippen LogP contribution in [-0.4, -0.2) is 11.2 Å². The molecule has 0 heterocycles. The molecule has 1 aromatic carbocycles. The first-order chi connectivity index (χ1) is 8.74. The SMILES string of the molecule is Cc1cccc(CCC(O)CC2CCCCC2)c1. The second-order valence-electron chi connectivity index (χ2n) is 5.92. The van der Waals surface area contributed by atoms with Gasteiger partial charge in [-0.25, -0.2) is 0 Å². The first-order valence-electron chi connectivity index (χ1n) is 7.47. The van der Waals surface area contributed by atoms with Crippen molar-refractivity contribution in [3.8, 4) is 0 Å². The van der Waals surface area contributed by atoms with Gasteiger partial charge in [-0.1, -0.05) is 61.9 Å². The van der Waals surface area contributed by atoms with Gasteiger partial charge in [0.1, 0.15) is 0 Å². The highest BCUT2D eigenvalue weighted by Gasteiger charge is 2.17. The topological polar surface area (TPSA) is 20.2 Å². The van der Waals surface area contributed by atoms with Crippen molar-refractivity contribution in [2.45, 2.75) is 64.4 Å². The molecular formula is C17H26O. The maximum Gasteiger partial charge on any atom is 0.0546 e. The summed E-state index contributed by atoms with van der Waals surface area (Å²) in [5.74, 6) is 0.784. The van der Waals surface area contributed by atoms with Crippen molar-refractivity contribution in [2.75, 3.05) is 0 Å². The van der Waals surface area contributed by atoms with Gasteiger partial charge in [0.15, 0.2) is 0 Å². The van der Waals surface area contributed by atoms with Crippen molar-refractivity contribution >= 4 is 0 Å². The molecule has 1 heteroatoms. The molecule has 100 valence electrons. The molecule has 1 nitrogen and oxygen atoms in total. The predicted molar refractivity (Wildman–Crippen MR) is 76.7 cm³/mol. The first-order valence-corrected chi connectivity index (χ1v) is 7.47. The number of aliphatic hydroxyl groups is 1. The normalized spacial score (nSPS) is 18.8. The number of aryl methyl sites for hydroxylation is 2. The summed E-state index contributed by atoms with van der Waals surface area (Å²) in [7, 11) is 0. The highest BCUT2D eigenvalue weighted by molar-refractivity contribution is 5.22. The van der Waals surface area contributed by atoms with Crippen LogP contribution in [0.25, 0.3) is 0 Å². The molecule has 0 saturated heterocycles. The molecule has 0 aliphatic heterocycles. The first kappa shape index (κ1) is 13.6. The minimum Gasteiger partial charge on any atom is -0.393 e. The van der Waals surface area contributed by atoms with Crippen LogP contribution in [0.15, 0.2) is 24.3 Å². The molecule has 1 unspecified atom stereocenters. The minimum atomic E-state index is -0.103. The van der Waals surface area contributed by atoms with Gasteiger partial charge in [0.2, 0.25) is 0 Å². The van der Waals surface area contributed by atoms with E-state index in [9.17, 15) is 5.11 Å². The lowest BCUT2D eigenvalue weighted by Gasteiger charge is -2.24. The van der Waals surface area contributed by atoms with Crippen LogP contribution in [0.3, 0.4) is 0 Å². The van der Waals surface area contributed by atoms with Crippen LogP contribution in [0.1, 0.15) is 56.1 Å². The van der Waals surface area contributed by atoms with Crippen LogP contribution < -0.4 is 0 Å². The summed E-state index contributed by atoms with van der Waals surface area (Å²) >= 11 is 0. The Morgan fingerprint density at radius 2 is 2.00 bits per heavy atom. The summed E-state index contributed by atoms with van der Waals surface area (Å²) < 4.78 is 0. The zero-order chi connectivity index (χ0) is 12.8. The van der Waals surface area contributed by atoms with Gasteiger partial charge in [-0.2, -0.15) is 0 Å². The molecule has 0 radical (unpaired) electrons. The molecular weight excluding hydrogens is 220 g/mol. The Labute approximate surface area is 111 Å². The largest absolute Gasteiger partial charge is 0.393 e. The van der Waals surface area contributed by atoms with Gasteiger partial charge in [-0.3, -0.25) is 0 Å². The average Bonchev–Trinajstić information content (AvgIpc) is 2.38. The molecule has 0 spiro atoms. The van der Waals surface area contributed by atoms with E-state index in [0.717, 1.165) is 25.2 Å². The third-order valence-electron chi connectivity index (χ3n) is 4.18. The Hall–Kier alpha value is -0.820. The molecule has 0 bridgehead atoms. The Balaban J connectivity index is 1.72. The Bertz CT molecular complexity index is 352. The third-order valence-corrected chi connectivity index (χ3v) is 4.18. The predicted octanol–water partition coefficient (Wildman–Crippen LogP) is 4.26. The molecule has 0 amide bonds. The summed E-state index contributed by atoms with van der Waals surface area (Å²) in [4.78, 5) is 0. The quantitative estimate of drug-likeness (QED) is 0.823. The second-order valence-corrected chi connectivity index (χ2v) is 5.92. The lowest BCUT2D eigenvalue weighted by Crippen LogP contribution is -2.16. The Morgan fingerprint density at radius 1 is 1.22 bits per heavy atom. The number of rotatable bonds is 5. The lowest BCUT2D eigenvalue weighted by molar-refractivity contribution is 0.122. The molecule has 1 saturated carbocycles. The van der Waals surface area contributed by atoms with E-state index in [-0.39, 0.29) is 6.10 Å². The maximum atomic E-state index is 10.1. The van der Waals surface area contributed by atoms with Crippen LogP contribution >= 0.6 is 0 Å². The zero-order valence-corrected chi connectivity index (χ0v) is 11.6. The summed E-state index contributed by atoms with van der Waals surface area (Å²) in [6.45, 7) is 2.13. The number of aliphatic hydroxyl groups excluding tert-OH is 1. The highest BCUT2D eigenvalue weighted by atomic mass is 16.3. The van der Waals surface area contributed by atoms with Gasteiger partial charge in [0, 0.05) is 0 Å². The monoisotopic (exact) mass is 246 g/mol. The number of hydrogen-bond donors (Lipinski definition) is 1. The van der Waals surface area contributed by atoms with Crippen LogP contribution in [-0.2, 0) is 6.42 Å². The van der Waals surface area contributed by atoms with Crippen molar-refractivity contribution in [3.05, 3.63) is 35.4 Å². The second kappa shape index (κ2) is 6.94. The fraction of sp³-hybridized carbons (Fsp3) is 0.647. The summed E-state index contributed by atoms with van der Waals surface area (Å²) in [5.41, 5.74) is 2.67. The van der Waals surface area contributed by atoms with Gasteiger partial charge in [0.25, 0.3) is 0 Å². The van der Waals surface area contributed by atoms with E-state index in [1.54, 1.807) is 0 Å². The molecule has 1 atom stereocenters. The van der Waals surface area contributed by atoms with Crippen molar-refractivity contribution < 1.29 is 5.11 Å². The van der Waals surface area contributed by atoms with Crippen molar-refractivity contribution in [1.82, 2.24) is 0 Å². The van der Waals surface area contributed by atoms with Crippen molar-refractivity contribution in [2.24, 2.45) is 5.92 Å². The van der Waals surface area contributed by atoms with E-state index >= 15 is 0 Å². The van der Waals surface area contributed by atoms with E-state index in [4.69, 9.17) is 0 Å². The van der Waals surface area contributed by atoms with Crippen LogP contribution in [0.2, 0.25) is 0 Å². The zero-order valence-electron chi connectivity index (χ0n) is 11.6. The fourth-order valence-electron chi connectivity index (χ4n) is 3.13. The van der Waals surface area contributed by atoms with Gasteiger partial charge < -0.3 is 5.11 Å². The van der Waals surface area contributed by atoms with Crippen molar-refractivity contribution in [3.63, 3.8) is 0 Å². The maximum absolute atomic E-state index is 10.1. The highest BCUT2D eigenvalue weighted by Crippen LogP contribution is 2.28. The van der Waals surface area contributed by atoms with E-state index in [1.807, 2.05) is 0 Å². The molecule has 1 N–H and O–H groups in total. The van der Waals surface area contributed by atoms with E-state index in [2.05, 4.69) is 31.2 Å². The number of benzene rings is 1. The molecule has 1 aliphatic rings. The third kappa shape index (κ3) is 4.45. The van der Waals surface area contributed by atoms with Crippen molar-refractivity contribution in [1.29, 1.82) is 0 Å². The molecule has 0 aromatic heterocycles. The van der Waals surface area contributed by atoms with Gasteiger partial charge in [0.05, 0.1) is 6.10 Å². The van der Waals surface area contributed by atoms with Crippen LogP contribution in [0.5, 0.6) is 0 Å². The van der Waals surface area contributed by atoms with Gasteiger partial charge in [-0.15, -0.1) is 0 Å². The Morgan fingerprint density at radius 3 is 2.72 bits per heavy atom. The summed E-state index contributed by atoms with van der Waals surface area (Å²) in [5, 5.41) is 10.1. The summed E-state index contributed by atoms with van der Waals surface area (Å²) in [6, 6.07) is 8.63. The standard InChI is InChI=1S/C17H26O/c1-14-6-5-9-16(12-14)10-11-17(18)13-15-7-3-2-4-8-15/h5-6,9,12,15,17-18H,2-4,7-8,10-11,13H2,1H3. The fourth-order valence-corrected chi connectivity index (χ4v) is 3.13. The van der Waals surface area contributed by atoms with Crippen LogP contribution in [0.4, 0.5) is 0 Å². The van der Waals surface area contributed by atoms with Gasteiger partial charge >= 0.3 is 0 Å². The number of hydrogen-bond acceptors (Lipinski definition) is 1. The van der Waals surface area contributed by atoms with E-state index in [0.29, 0.717) is 0 Å². The molecule has 1 aromatic rings. The average molecular weight is 246 g/mol. The van der Waals surface area contributed by atoms with E-state index in [1.165, 1.54) is 43.2 Å². The smallest absolute Gasteiger partial charge is 0.0546 e.